The largest absolute Gasteiger partial charge is 0.477 e. The van der Waals surface area contributed by atoms with Crippen LogP contribution in [0.25, 0.3) is 4.96 Å². The van der Waals surface area contributed by atoms with Crippen LogP contribution in [-0.2, 0) is 26.1 Å². The maximum absolute atomic E-state index is 14.3. The highest BCUT2D eigenvalue weighted by molar-refractivity contribution is 7.18. The molecule has 0 spiro atoms. The van der Waals surface area contributed by atoms with Gasteiger partial charge in [0.05, 0.1) is 29.3 Å². The fraction of sp³-hybridized carbons (Fsp3) is 0.300. The van der Waals surface area contributed by atoms with Gasteiger partial charge in [-0.05, 0) is 25.1 Å². The minimum atomic E-state index is -0.956. The molecule has 1 N–H and O–H groups in total. The normalized spacial score (nSPS) is 13.8. The maximum Gasteiger partial charge on any atom is 0.347 e. The van der Waals surface area contributed by atoms with E-state index in [0.717, 1.165) is 55.6 Å². The topological polar surface area (TPSA) is 125 Å². The van der Waals surface area contributed by atoms with Gasteiger partial charge in [-0.3, -0.25) is 9.30 Å². The molecule has 0 atom stereocenters. The van der Waals surface area contributed by atoms with Crippen LogP contribution in [0.3, 0.4) is 0 Å². The highest BCUT2D eigenvalue weighted by Crippen LogP contribution is 2.26. The van der Waals surface area contributed by atoms with Crippen molar-refractivity contribution in [3.8, 4) is 11.9 Å². The van der Waals surface area contributed by atoms with Gasteiger partial charge in [0.2, 0.25) is 5.88 Å². The van der Waals surface area contributed by atoms with Gasteiger partial charge in [0.15, 0.2) is 4.96 Å². The second-order valence-corrected chi connectivity index (χ2v) is 11.2. The number of anilines is 1. The molecule has 11 nitrogen and oxygen atoms in total. The van der Waals surface area contributed by atoms with Crippen LogP contribution in [0.15, 0.2) is 55.1 Å². The summed E-state index contributed by atoms with van der Waals surface area (Å²) in [5.41, 5.74) is 3.58. The molecule has 1 aliphatic rings. The van der Waals surface area contributed by atoms with Crippen molar-refractivity contribution < 1.29 is 19.0 Å². The molecule has 1 saturated heterocycles. The average molecular weight is 601 g/mol. The molecule has 6 rings (SSSR count). The molecule has 0 radical (unpaired) electrons. The van der Waals surface area contributed by atoms with Crippen molar-refractivity contribution in [2.75, 3.05) is 31.1 Å². The number of rotatable bonds is 10. The quantitative estimate of drug-likeness (QED) is 0.251. The molecular formula is C30H29FN8O3S. The summed E-state index contributed by atoms with van der Waals surface area (Å²) in [6.45, 7) is 6.62. The highest BCUT2D eigenvalue weighted by Gasteiger charge is 2.24. The van der Waals surface area contributed by atoms with E-state index in [-0.39, 0.29) is 17.0 Å². The van der Waals surface area contributed by atoms with Crippen LogP contribution in [0.2, 0.25) is 0 Å². The zero-order chi connectivity index (χ0) is 29.9. The molecule has 0 saturated carbocycles. The fourth-order valence-corrected chi connectivity index (χ4v) is 6.05. The number of nitrogens with zero attached hydrogens (tertiary/aromatic N) is 8. The first-order valence-corrected chi connectivity index (χ1v) is 14.7. The Kier molecular flexibility index (Phi) is 8.04. The number of nitriles is 1. The first kappa shape index (κ1) is 28.3. The number of piperazine rings is 1. The second-order valence-electron chi connectivity index (χ2n) is 10.2. The molecule has 5 heterocycles. The maximum atomic E-state index is 14.3. The third kappa shape index (κ3) is 6.06. The Morgan fingerprint density at radius 3 is 2.77 bits per heavy atom. The number of imidazole rings is 2. The summed E-state index contributed by atoms with van der Waals surface area (Å²) in [4.78, 5) is 30.9. The smallest absolute Gasteiger partial charge is 0.347 e. The Hall–Kier alpha value is -4.80. The first-order chi connectivity index (χ1) is 20.9. The summed E-state index contributed by atoms with van der Waals surface area (Å²) < 4.78 is 24.0. The lowest BCUT2D eigenvalue weighted by molar-refractivity contribution is 0.0701. The zero-order valence-electron chi connectivity index (χ0n) is 23.5. The van der Waals surface area contributed by atoms with Crippen LogP contribution in [-0.4, -0.2) is 66.1 Å². The molecule has 4 aromatic heterocycles. The third-order valence-electron chi connectivity index (χ3n) is 7.54. The Morgan fingerprint density at radius 1 is 1.19 bits per heavy atom. The number of aromatic nitrogens is 5. The van der Waals surface area contributed by atoms with E-state index >= 15 is 0 Å². The van der Waals surface area contributed by atoms with Crippen LogP contribution < -0.4 is 9.64 Å². The Morgan fingerprint density at radius 2 is 2.02 bits per heavy atom. The number of aromatic carboxylic acids is 1. The molecule has 0 unspecified atom stereocenters. The number of hydrogen-bond donors (Lipinski definition) is 1. The van der Waals surface area contributed by atoms with E-state index in [4.69, 9.17) is 15.0 Å². The van der Waals surface area contributed by atoms with Gasteiger partial charge in [0.1, 0.15) is 23.1 Å². The van der Waals surface area contributed by atoms with Crippen LogP contribution in [0.1, 0.15) is 44.8 Å². The van der Waals surface area contributed by atoms with Gasteiger partial charge in [-0.25, -0.2) is 19.2 Å². The Bertz CT molecular complexity index is 1820. The van der Waals surface area contributed by atoms with Gasteiger partial charge in [0, 0.05) is 75.4 Å². The van der Waals surface area contributed by atoms with Gasteiger partial charge in [-0.1, -0.05) is 23.5 Å². The summed E-state index contributed by atoms with van der Waals surface area (Å²) in [7, 11) is 0. The Labute approximate surface area is 251 Å². The van der Waals surface area contributed by atoms with Crippen molar-refractivity contribution in [1.29, 1.82) is 5.26 Å². The summed E-state index contributed by atoms with van der Waals surface area (Å²) in [6, 6.07) is 11.8. The number of pyridine rings is 1. The van der Waals surface area contributed by atoms with Gasteiger partial charge >= 0.3 is 5.97 Å². The number of fused-ring (bicyclic) bond motifs is 1. The van der Waals surface area contributed by atoms with Crippen molar-refractivity contribution in [3.05, 3.63) is 94.0 Å². The van der Waals surface area contributed by atoms with Gasteiger partial charge in [-0.2, -0.15) is 10.2 Å². The van der Waals surface area contributed by atoms with Crippen LogP contribution >= 0.6 is 11.3 Å². The van der Waals surface area contributed by atoms with Crippen molar-refractivity contribution in [2.24, 2.45) is 0 Å². The van der Waals surface area contributed by atoms with Crippen molar-refractivity contribution in [3.63, 3.8) is 0 Å². The summed E-state index contributed by atoms with van der Waals surface area (Å²) in [6.07, 6.45) is 5.92. The molecule has 1 aromatic carbocycles. The van der Waals surface area contributed by atoms with Crippen LogP contribution in [0, 0.1) is 17.1 Å². The third-order valence-corrected chi connectivity index (χ3v) is 8.51. The minimum Gasteiger partial charge on any atom is -0.477 e. The summed E-state index contributed by atoms with van der Waals surface area (Å²) >= 11 is 1.18. The number of halogens is 1. The molecule has 0 amide bonds. The van der Waals surface area contributed by atoms with E-state index in [9.17, 15) is 14.3 Å². The molecule has 1 aliphatic heterocycles. The first-order valence-electron chi connectivity index (χ1n) is 13.9. The molecule has 13 heteroatoms. The fourth-order valence-electron chi connectivity index (χ4n) is 5.19. The lowest BCUT2D eigenvalue weighted by Crippen LogP contribution is -2.46. The molecule has 43 heavy (non-hydrogen) atoms. The lowest BCUT2D eigenvalue weighted by atomic mass is 10.1. The van der Waals surface area contributed by atoms with E-state index in [2.05, 4.69) is 31.3 Å². The standard InChI is InChI=1S/C30H29FN8O3S/c1-2-37-19-33-15-22(37)13-25-24(34-30-39(25)17-26(43-30)29(40)41)16-36-8-10-38(11-9-36)27-4-3-5-28(35-27)42-18-21-7-6-20(14-32)12-23(21)31/h3-7,12,15,17,19H,2,8-11,13,16,18H2,1H3,(H,40,41). The number of carboxylic acid groups (broad SMARTS) is 1. The van der Waals surface area contributed by atoms with Gasteiger partial charge in [-0.15, -0.1) is 0 Å². The van der Waals surface area contributed by atoms with E-state index in [0.29, 0.717) is 29.4 Å². The van der Waals surface area contributed by atoms with Crippen molar-refractivity contribution >= 4 is 28.1 Å². The van der Waals surface area contributed by atoms with E-state index < -0.39 is 11.8 Å². The van der Waals surface area contributed by atoms with Crippen LogP contribution in [0.4, 0.5) is 10.2 Å². The SMILES string of the molecule is CCn1cncc1Cc1c(CN2CCN(c3cccc(OCc4ccc(C#N)cc4F)n3)CC2)nc2sc(C(=O)O)cn12. The summed E-state index contributed by atoms with van der Waals surface area (Å²) in [5, 5.41) is 18.5. The molecular weight excluding hydrogens is 571 g/mol. The van der Waals surface area contributed by atoms with Crippen molar-refractivity contribution in [2.45, 2.75) is 33.0 Å². The number of carboxylic acids is 1. The number of thiazole rings is 1. The van der Waals surface area contributed by atoms with Gasteiger partial charge < -0.3 is 19.3 Å². The van der Waals surface area contributed by atoms with E-state index in [1.807, 2.05) is 35.1 Å². The molecule has 0 aliphatic carbocycles. The number of aryl methyl sites for hydroxylation is 1. The lowest BCUT2D eigenvalue weighted by Gasteiger charge is -2.35. The molecule has 0 bridgehead atoms. The van der Waals surface area contributed by atoms with E-state index in [1.165, 1.54) is 17.4 Å². The number of ether oxygens (including phenoxy) is 1. The molecule has 5 aromatic rings. The zero-order valence-corrected chi connectivity index (χ0v) is 24.3. The summed E-state index contributed by atoms with van der Waals surface area (Å²) in [5.74, 6) is -0.249. The van der Waals surface area contributed by atoms with Gasteiger partial charge in [0.25, 0.3) is 0 Å². The van der Waals surface area contributed by atoms with E-state index in [1.54, 1.807) is 24.4 Å². The van der Waals surface area contributed by atoms with Crippen molar-refractivity contribution in [1.82, 2.24) is 28.8 Å². The highest BCUT2D eigenvalue weighted by atomic mass is 32.1. The predicted octanol–water partition coefficient (Wildman–Crippen LogP) is 4.21. The number of hydrogen-bond acceptors (Lipinski definition) is 9. The number of carbonyl (C=O) groups is 1. The van der Waals surface area contributed by atoms with Crippen LogP contribution in [0.5, 0.6) is 5.88 Å². The monoisotopic (exact) mass is 600 g/mol. The molecule has 220 valence electrons. The average Bonchev–Trinajstić information content (AvgIpc) is 3.73. The minimum absolute atomic E-state index is 0.0131. The predicted molar refractivity (Wildman–Crippen MR) is 158 cm³/mol. The Balaban J connectivity index is 1.12. The molecule has 1 fully saturated rings. The number of benzene rings is 1. The second kappa shape index (κ2) is 12.2.